The van der Waals surface area contributed by atoms with E-state index in [1.807, 2.05) is 0 Å². The van der Waals surface area contributed by atoms with E-state index in [-0.39, 0.29) is 30.5 Å². The lowest BCUT2D eigenvalue weighted by Gasteiger charge is -2.08. The number of methoxy groups -OCH3 is 1. The normalized spacial score (nSPS) is 11.7. The molecule has 2 aromatic rings. The standard InChI is InChI=1S/C11H14N4O4S2/c1-19-7-10(16)12-5-6-13-21(17,18)9-4-2-3-8-11(9)15-20-14-8/h2-4,13H,5-7H2,1H3,(H,12,16). The molecule has 21 heavy (non-hydrogen) atoms. The number of rotatable bonds is 7. The van der Waals surface area contributed by atoms with Crippen molar-refractivity contribution < 1.29 is 17.9 Å². The highest BCUT2D eigenvalue weighted by molar-refractivity contribution is 7.89. The number of sulfonamides is 1. The minimum atomic E-state index is -3.70. The average molecular weight is 330 g/mol. The summed E-state index contributed by atoms with van der Waals surface area (Å²) in [5.74, 6) is -0.303. The number of nitrogens with zero attached hydrogens (tertiary/aromatic N) is 2. The van der Waals surface area contributed by atoms with Crippen molar-refractivity contribution >= 4 is 38.7 Å². The Morgan fingerprint density at radius 1 is 1.33 bits per heavy atom. The Morgan fingerprint density at radius 3 is 2.90 bits per heavy atom. The fraction of sp³-hybridized carbons (Fsp3) is 0.364. The number of benzene rings is 1. The highest BCUT2D eigenvalue weighted by Crippen LogP contribution is 2.20. The van der Waals surface area contributed by atoms with Crippen molar-refractivity contribution in [3.8, 4) is 0 Å². The van der Waals surface area contributed by atoms with Crippen molar-refractivity contribution in [3.05, 3.63) is 18.2 Å². The van der Waals surface area contributed by atoms with Crippen LogP contribution in [0.2, 0.25) is 0 Å². The third kappa shape index (κ3) is 3.94. The maximum Gasteiger partial charge on any atom is 0.246 e. The molecule has 1 aromatic carbocycles. The topological polar surface area (TPSA) is 110 Å². The molecule has 0 aliphatic rings. The van der Waals surface area contributed by atoms with E-state index < -0.39 is 10.0 Å². The SMILES string of the molecule is COCC(=O)NCCNS(=O)(=O)c1cccc2nsnc12. The van der Waals surface area contributed by atoms with E-state index in [0.717, 1.165) is 11.7 Å². The number of hydrogen-bond donors (Lipinski definition) is 2. The molecule has 0 saturated carbocycles. The lowest BCUT2D eigenvalue weighted by molar-refractivity contribution is -0.124. The summed E-state index contributed by atoms with van der Waals surface area (Å²) >= 11 is 0.958. The lowest BCUT2D eigenvalue weighted by Crippen LogP contribution is -2.36. The van der Waals surface area contributed by atoms with Crippen LogP contribution in [0.4, 0.5) is 0 Å². The van der Waals surface area contributed by atoms with E-state index in [2.05, 4.69) is 23.5 Å². The molecule has 0 unspecified atom stereocenters. The van der Waals surface area contributed by atoms with Crippen molar-refractivity contribution in [1.82, 2.24) is 18.8 Å². The summed E-state index contributed by atoms with van der Waals surface area (Å²) in [5, 5.41) is 2.52. The minimum absolute atomic E-state index is 0.0590. The zero-order valence-electron chi connectivity index (χ0n) is 11.2. The molecule has 0 bridgehead atoms. The molecule has 0 saturated heterocycles. The molecule has 1 amide bonds. The summed E-state index contributed by atoms with van der Waals surface area (Å²) in [5.41, 5.74) is 0.884. The van der Waals surface area contributed by atoms with Crippen LogP contribution in [-0.4, -0.2) is 49.9 Å². The predicted molar refractivity (Wildman–Crippen MR) is 77.5 cm³/mol. The van der Waals surface area contributed by atoms with E-state index in [1.165, 1.54) is 13.2 Å². The summed E-state index contributed by atoms with van der Waals surface area (Å²) in [7, 11) is -2.29. The molecule has 8 nitrogen and oxygen atoms in total. The van der Waals surface area contributed by atoms with Gasteiger partial charge in [0.05, 0.1) is 11.7 Å². The maximum absolute atomic E-state index is 12.2. The number of ether oxygens (including phenoxy) is 1. The van der Waals surface area contributed by atoms with Crippen LogP contribution in [0.5, 0.6) is 0 Å². The highest BCUT2D eigenvalue weighted by Gasteiger charge is 2.18. The summed E-state index contributed by atoms with van der Waals surface area (Å²) < 4.78 is 39.5. The molecular formula is C11H14N4O4S2. The van der Waals surface area contributed by atoms with Crippen molar-refractivity contribution in [2.45, 2.75) is 4.90 Å². The van der Waals surface area contributed by atoms with E-state index in [9.17, 15) is 13.2 Å². The molecular weight excluding hydrogens is 316 g/mol. The van der Waals surface area contributed by atoms with Crippen molar-refractivity contribution in [1.29, 1.82) is 0 Å². The van der Waals surface area contributed by atoms with Gasteiger partial charge in [0.1, 0.15) is 22.5 Å². The third-order valence-corrected chi connectivity index (χ3v) is 4.59. The zero-order chi connectivity index (χ0) is 15.3. The number of carbonyl (C=O) groups is 1. The van der Waals surface area contributed by atoms with Gasteiger partial charge in [-0.1, -0.05) is 6.07 Å². The Labute approximate surface area is 125 Å². The van der Waals surface area contributed by atoms with Gasteiger partial charge in [-0.05, 0) is 12.1 Å². The fourth-order valence-electron chi connectivity index (χ4n) is 1.65. The molecule has 10 heteroatoms. The predicted octanol–water partition coefficient (Wildman–Crippen LogP) is -0.268. The number of fused-ring (bicyclic) bond motifs is 1. The van der Waals surface area contributed by atoms with Crippen molar-refractivity contribution in [2.24, 2.45) is 0 Å². The van der Waals surface area contributed by atoms with Crippen molar-refractivity contribution in [2.75, 3.05) is 26.8 Å². The van der Waals surface area contributed by atoms with Crippen LogP contribution in [-0.2, 0) is 19.6 Å². The largest absolute Gasteiger partial charge is 0.375 e. The highest BCUT2D eigenvalue weighted by atomic mass is 32.2. The van der Waals surface area contributed by atoms with Gasteiger partial charge in [0.2, 0.25) is 15.9 Å². The van der Waals surface area contributed by atoms with Crippen LogP contribution in [0, 0.1) is 0 Å². The van der Waals surface area contributed by atoms with Gasteiger partial charge in [0, 0.05) is 20.2 Å². The Bertz CT molecular complexity index is 729. The molecule has 1 heterocycles. The number of nitrogens with one attached hydrogen (secondary N) is 2. The van der Waals surface area contributed by atoms with Gasteiger partial charge in [0.25, 0.3) is 0 Å². The Balaban J connectivity index is 1.99. The van der Waals surface area contributed by atoms with E-state index >= 15 is 0 Å². The van der Waals surface area contributed by atoms with Gasteiger partial charge in [-0.25, -0.2) is 13.1 Å². The number of hydrogen-bond acceptors (Lipinski definition) is 7. The Hall–Kier alpha value is -1.62. The average Bonchev–Trinajstić information content (AvgIpc) is 2.92. The molecule has 2 rings (SSSR count). The van der Waals surface area contributed by atoms with Gasteiger partial charge in [0.15, 0.2) is 0 Å². The maximum atomic E-state index is 12.2. The van der Waals surface area contributed by atoms with Crippen LogP contribution in [0.1, 0.15) is 0 Å². The molecule has 2 N–H and O–H groups in total. The van der Waals surface area contributed by atoms with E-state index in [1.54, 1.807) is 12.1 Å². The monoisotopic (exact) mass is 330 g/mol. The molecule has 0 fully saturated rings. The first-order valence-corrected chi connectivity index (χ1v) is 8.22. The number of aromatic nitrogens is 2. The second-order valence-corrected chi connectivity index (χ2v) is 6.33. The second-order valence-electron chi connectivity index (χ2n) is 4.07. The first-order chi connectivity index (χ1) is 10.0. The number of amides is 1. The van der Waals surface area contributed by atoms with Crippen LogP contribution >= 0.6 is 11.7 Å². The van der Waals surface area contributed by atoms with Gasteiger partial charge >= 0.3 is 0 Å². The van der Waals surface area contributed by atoms with Crippen LogP contribution in [0.3, 0.4) is 0 Å². The minimum Gasteiger partial charge on any atom is -0.375 e. The lowest BCUT2D eigenvalue weighted by atomic mass is 10.3. The van der Waals surface area contributed by atoms with Crippen LogP contribution in [0.15, 0.2) is 23.1 Å². The second kappa shape index (κ2) is 6.89. The zero-order valence-corrected chi connectivity index (χ0v) is 12.8. The summed E-state index contributed by atoms with van der Waals surface area (Å²) in [6.07, 6.45) is 0. The molecule has 0 atom stereocenters. The molecule has 0 aliphatic carbocycles. The fourth-order valence-corrected chi connectivity index (χ4v) is 3.44. The Kier molecular flexibility index (Phi) is 5.17. The van der Waals surface area contributed by atoms with Crippen molar-refractivity contribution in [3.63, 3.8) is 0 Å². The summed E-state index contributed by atoms with van der Waals surface area (Å²) in [4.78, 5) is 11.2. The molecule has 0 spiro atoms. The summed E-state index contributed by atoms with van der Waals surface area (Å²) in [6, 6.07) is 4.77. The molecule has 114 valence electrons. The number of carbonyl (C=O) groups excluding carboxylic acids is 1. The third-order valence-electron chi connectivity index (χ3n) is 2.55. The van der Waals surface area contributed by atoms with Crippen LogP contribution < -0.4 is 10.0 Å². The quantitative estimate of drug-likeness (QED) is 0.676. The smallest absolute Gasteiger partial charge is 0.246 e. The first-order valence-electron chi connectivity index (χ1n) is 6.01. The first kappa shape index (κ1) is 15.8. The van der Waals surface area contributed by atoms with Gasteiger partial charge in [-0.3, -0.25) is 4.79 Å². The molecule has 1 aromatic heterocycles. The van der Waals surface area contributed by atoms with E-state index in [0.29, 0.717) is 11.0 Å². The van der Waals surface area contributed by atoms with Gasteiger partial charge in [-0.15, -0.1) is 0 Å². The van der Waals surface area contributed by atoms with Gasteiger partial charge in [-0.2, -0.15) is 8.75 Å². The Morgan fingerprint density at radius 2 is 2.14 bits per heavy atom. The van der Waals surface area contributed by atoms with Gasteiger partial charge < -0.3 is 10.1 Å². The molecule has 0 aliphatic heterocycles. The van der Waals surface area contributed by atoms with E-state index in [4.69, 9.17) is 0 Å². The summed E-state index contributed by atoms with van der Waals surface area (Å²) in [6.45, 7) is 0.189. The molecule has 0 radical (unpaired) electrons. The van der Waals surface area contributed by atoms with Crippen LogP contribution in [0.25, 0.3) is 11.0 Å².